The molecule has 0 bridgehead atoms. The van der Waals surface area contributed by atoms with E-state index in [1.54, 1.807) is 26.1 Å². The van der Waals surface area contributed by atoms with Crippen LogP contribution in [0.1, 0.15) is 22.8 Å². The average molecular weight is 237 g/mol. The quantitative estimate of drug-likeness (QED) is 0.792. The summed E-state index contributed by atoms with van der Waals surface area (Å²) in [6, 6.07) is 6.83. The monoisotopic (exact) mass is 236 g/mol. The molecule has 0 aromatic heterocycles. The van der Waals surface area contributed by atoms with Crippen molar-refractivity contribution < 1.29 is 4.79 Å². The van der Waals surface area contributed by atoms with Crippen LogP contribution in [0, 0.1) is 18.3 Å². The predicted molar refractivity (Wildman–Crippen MR) is 63.4 cm³/mol. The van der Waals surface area contributed by atoms with Gasteiger partial charge >= 0.3 is 0 Å². The molecule has 1 aromatic rings. The van der Waals surface area contributed by atoms with Crippen LogP contribution in [0.4, 0.5) is 0 Å². The molecule has 1 rings (SSSR count). The second kappa shape index (κ2) is 5.00. The maximum absolute atomic E-state index is 12.0. The van der Waals surface area contributed by atoms with E-state index in [1.165, 1.54) is 4.90 Å². The van der Waals surface area contributed by atoms with E-state index in [-0.39, 0.29) is 5.91 Å². The number of hydrogen-bond donors (Lipinski definition) is 0. The highest BCUT2D eigenvalue weighted by atomic mass is 35.5. The Kier molecular flexibility index (Phi) is 3.92. The molecule has 1 unspecified atom stereocenters. The summed E-state index contributed by atoms with van der Waals surface area (Å²) in [6.07, 6.45) is 0. The SMILES string of the molecule is Cc1cccc(C(=O)N(C)C(C)C#N)c1Cl. The smallest absolute Gasteiger partial charge is 0.256 e. The Morgan fingerprint density at radius 1 is 1.56 bits per heavy atom. The van der Waals surface area contributed by atoms with Crippen molar-refractivity contribution in [1.29, 1.82) is 5.26 Å². The van der Waals surface area contributed by atoms with Crippen molar-refractivity contribution in [2.75, 3.05) is 7.05 Å². The number of benzene rings is 1. The Morgan fingerprint density at radius 2 is 2.19 bits per heavy atom. The Labute approximate surface area is 100 Å². The van der Waals surface area contributed by atoms with Gasteiger partial charge in [-0.25, -0.2) is 0 Å². The third kappa shape index (κ3) is 2.34. The number of hydrogen-bond acceptors (Lipinski definition) is 2. The first-order valence-electron chi connectivity index (χ1n) is 4.91. The number of carbonyl (C=O) groups is 1. The van der Waals surface area contributed by atoms with Gasteiger partial charge in [0.15, 0.2) is 0 Å². The molecule has 1 aromatic carbocycles. The Hall–Kier alpha value is -1.53. The normalized spacial score (nSPS) is 11.7. The summed E-state index contributed by atoms with van der Waals surface area (Å²) >= 11 is 6.05. The first kappa shape index (κ1) is 12.5. The van der Waals surface area contributed by atoms with Crippen LogP contribution in [0.15, 0.2) is 18.2 Å². The zero-order valence-corrected chi connectivity index (χ0v) is 10.2. The lowest BCUT2D eigenvalue weighted by atomic mass is 10.1. The highest BCUT2D eigenvalue weighted by Crippen LogP contribution is 2.21. The van der Waals surface area contributed by atoms with Crippen molar-refractivity contribution in [3.05, 3.63) is 34.3 Å². The third-order valence-corrected chi connectivity index (χ3v) is 3.01. The summed E-state index contributed by atoms with van der Waals surface area (Å²) in [4.78, 5) is 13.4. The molecule has 0 aliphatic carbocycles. The van der Waals surface area contributed by atoms with Crippen molar-refractivity contribution in [2.24, 2.45) is 0 Å². The highest BCUT2D eigenvalue weighted by Gasteiger charge is 2.19. The van der Waals surface area contributed by atoms with Crippen LogP contribution < -0.4 is 0 Å². The van der Waals surface area contributed by atoms with E-state index in [0.717, 1.165) is 5.56 Å². The lowest BCUT2D eigenvalue weighted by molar-refractivity contribution is 0.0773. The van der Waals surface area contributed by atoms with Gasteiger partial charge in [0.25, 0.3) is 5.91 Å². The van der Waals surface area contributed by atoms with Crippen LogP contribution in [0.5, 0.6) is 0 Å². The van der Waals surface area contributed by atoms with Gasteiger partial charge < -0.3 is 4.90 Å². The zero-order valence-electron chi connectivity index (χ0n) is 9.49. The Bertz CT molecular complexity index is 451. The van der Waals surface area contributed by atoms with Crippen molar-refractivity contribution in [3.8, 4) is 6.07 Å². The van der Waals surface area contributed by atoms with Gasteiger partial charge in [0.1, 0.15) is 6.04 Å². The first-order chi connectivity index (χ1) is 7.49. The molecule has 0 N–H and O–H groups in total. The van der Waals surface area contributed by atoms with Crippen LogP contribution in [-0.2, 0) is 0 Å². The van der Waals surface area contributed by atoms with Crippen LogP contribution in [-0.4, -0.2) is 23.9 Å². The number of nitrogens with zero attached hydrogens (tertiary/aromatic N) is 2. The summed E-state index contributed by atoms with van der Waals surface area (Å²) in [5.41, 5.74) is 1.29. The molecule has 0 aliphatic rings. The second-order valence-corrected chi connectivity index (χ2v) is 4.04. The number of nitriles is 1. The number of aryl methyl sites for hydroxylation is 1. The predicted octanol–water partition coefficient (Wildman–Crippen LogP) is 2.63. The van der Waals surface area contributed by atoms with Gasteiger partial charge in [0, 0.05) is 7.05 Å². The van der Waals surface area contributed by atoms with Crippen LogP contribution in [0.3, 0.4) is 0 Å². The molecule has 0 saturated carbocycles. The van der Waals surface area contributed by atoms with Crippen molar-refractivity contribution in [1.82, 2.24) is 4.90 Å². The lowest BCUT2D eigenvalue weighted by Gasteiger charge is -2.20. The van der Waals surface area contributed by atoms with E-state index >= 15 is 0 Å². The third-order valence-electron chi connectivity index (χ3n) is 2.51. The molecule has 84 valence electrons. The van der Waals surface area contributed by atoms with Gasteiger partial charge in [-0.2, -0.15) is 5.26 Å². The maximum atomic E-state index is 12.0. The van der Waals surface area contributed by atoms with Crippen LogP contribution in [0.2, 0.25) is 5.02 Å². The van der Waals surface area contributed by atoms with E-state index in [9.17, 15) is 4.79 Å². The van der Waals surface area contributed by atoms with Gasteiger partial charge in [-0.05, 0) is 25.5 Å². The van der Waals surface area contributed by atoms with Gasteiger partial charge in [-0.15, -0.1) is 0 Å². The van der Waals surface area contributed by atoms with Gasteiger partial charge in [-0.1, -0.05) is 23.7 Å². The van der Waals surface area contributed by atoms with Crippen LogP contribution in [0.25, 0.3) is 0 Å². The van der Waals surface area contributed by atoms with Crippen molar-refractivity contribution >= 4 is 17.5 Å². The summed E-state index contributed by atoms with van der Waals surface area (Å²) in [6.45, 7) is 3.51. The topological polar surface area (TPSA) is 44.1 Å². The van der Waals surface area contributed by atoms with Gasteiger partial charge in [-0.3, -0.25) is 4.79 Å². The summed E-state index contributed by atoms with van der Waals surface area (Å²) in [7, 11) is 1.59. The minimum absolute atomic E-state index is 0.234. The molecule has 3 nitrogen and oxygen atoms in total. The fourth-order valence-electron chi connectivity index (χ4n) is 1.27. The number of halogens is 1. The van der Waals surface area contributed by atoms with Crippen molar-refractivity contribution in [3.63, 3.8) is 0 Å². The minimum Gasteiger partial charge on any atom is -0.326 e. The number of rotatable bonds is 2. The van der Waals surface area contributed by atoms with Gasteiger partial charge in [0.05, 0.1) is 16.7 Å². The molecule has 0 spiro atoms. The molecular formula is C12H13ClN2O. The average Bonchev–Trinajstić information content (AvgIpc) is 2.29. The first-order valence-corrected chi connectivity index (χ1v) is 5.28. The van der Waals surface area contributed by atoms with Crippen molar-refractivity contribution in [2.45, 2.75) is 19.9 Å². The van der Waals surface area contributed by atoms with E-state index in [0.29, 0.717) is 10.6 Å². The summed E-state index contributed by atoms with van der Waals surface area (Å²) in [5.74, 6) is -0.234. The zero-order chi connectivity index (χ0) is 12.3. The molecule has 0 fully saturated rings. The Balaban J connectivity index is 3.07. The second-order valence-electron chi connectivity index (χ2n) is 3.66. The molecule has 0 heterocycles. The standard InChI is InChI=1S/C12H13ClN2O/c1-8-5-4-6-10(11(8)13)12(16)15(3)9(2)7-14/h4-6,9H,1-3H3. The number of amides is 1. The molecule has 0 saturated heterocycles. The summed E-state index contributed by atoms with van der Waals surface area (Å²) in [5, 5.41) is 9.20. The minimum atomic E-state index is -0.468. The summed E-state index contributed by atoms with van der Waals surface area (Å²) < 4.78 is 0. The Morgan fingerprint density at radius 3 is 2.75 bits per heavy atom. The largest absolute Gasteiger partial charge is 0.326 e. The number of carbonyl (C=O) groups excluding carboxylic acids is 1. The maximum Gasteiger partial charge on any atom is 0.256 e. The van der Waals surface area contributed by atoms with Crippen LogP contribution >= 0.6 is 11.6 Å². The molecule has 1 amide bonds. The van der Waals surface area contributed by atoms with E-state index < -0.39 is 6.04 Å². The van der Waals surface area contributed by atoms with E-state index in [2.05, 4.69) is 0 Å². The highest BCUT2D eigenvalue weighted by molar-refractivity contribution is 6.34. The van der Waals surface area contributed by atoms with E-state index in [4.69, 9.17) is 16.9 Å². The molecular weight excluding hydrogens is 224 g/mol. The lowest BCUT2D eigenvalue weighted by Crippen LogP contribution is -2.34. The fourth-order valence-corrected chi connectivity index (χ4v) is 1.47. The molecule has 0 radical (unpaired) electrons. The molecule has 16 heavy (non-hydrogen) atoms. The van der Waals surface area contributed by atoms with Gasteiger partial charge in [0.2, 0.25) is 0 Å². The molecule has 1 atom stereocenters. The van der Waals surface area contributed by atoms with E-state index in [1.807, 2.05) is 19.1 Å². The molecule has 4 heteroatoms. The fraction of sp³-hybridized carbons (Fsp3) is 0.333. The molecule has 0 aliphatic heterocycles.